The fourth-order valence-electron chi connectivity index (χ4n) is 5.11. The van der Waals surface area contributed by atoms with Gasteiger partial charge in [-0.1, -0.05) is 6.58 Å². The molecule has 270 valence electrons. The molecule has 0 aromatic heterocycles. The van der Waals surface area contributed by atoms with E-state index in [2.05, 4.69) is 6.58 Å². The Bertz CT molecular complexity index is 1010. The molecule has 0 saturated carbocycles. The van der Waals surface area contributed by atoms with Gasteiger partial charge in [-0.25, -0.2) is 0 Å². The van der Waals surface area contributed by atoms with Crippen molar-refractivity contribution in [1.29, 1.82) is 0 Å². The van der Waals surface area contributed by atoms with Gasteiger partial charge in [0.25, 0.3) is 0 Å². The Labute approximate surface area is 263 Å². The summed E-state index contributed by atoms with van der Waals surface area (Å²) in [5.74, 6) is -6.48. The van der Waals surface area contributed by atoms with Gasteiger partial charge in [-0.3, -0.25) is 9.28 Å². The predicted molar refractivity (Wildman–Crippen MR) is 144 cm³/mol. The smallest absolute Gasteiger partial charge is 0.303 e. The maximum Gasteiger partial charge on any atom is 0.303 e. The summed E-state index contributed by atoms with van der Waals surface area (Å²) in [7, 11) is 3.51. The van der Waals surface area contributed by atoms with Crippen molar-refractivity contribution in [3.05, 3.63) is 12.5 Å². The molecule has 1 unspecified atom stereocenters. The summed E-state index contributed by atoms with van der Waals surface area (Å²) in [6.45, 7) is 1.51. The van der Waals surface area contributed by atoms with Gasteiger partial charge in [0.2, 0.25) is 11.6 Å². The molecule has 2 rings (SSSR count). The molecule has 0 aromatic rings. The van der Waals surface area contributed by atoms with Crippen LogP contribution in [-0.4, -0.2) is 204 Å². The van der Waals surface area contributed by atoms with Gasteiger partial charge in [0.1, 0.15) is 61.0 Å². The minimum atomic E-state index is -3.62. The fraction of sp³-hybridized carbons (Fsp3) is 0.885. The highest BCUT2D eigenvalue weighted by molar-refractivity contribution is 5.87. The molecule has 2 aliphatic heterocycles. The number of aliphatic hydroxyl groups is 12. The molecule has 20 heteroatoms. The lowest BCUT2D eigenvalue weighted by molar-refractivity contribution is -0.953. The van der Waals surface area contributed by atoms with Gasteiger partial charge in [0.05, 0.1) is 47.1 Å². The lowest BCUT2D eigenvalue weighted by Gasteiger charge is -2.54. The van der Waals surface area contributed by atoms with E-state index in [4.69, 9.17) is 23.7 Å². The van der Waals surface area contributed by atoms with E-state index in [1.165, 1.54) is 28.1 Å². The van der Waals surface area contributed by atoms with E-state index in [1.807, 2.05) is 0 Å². The van der Waals surface area contributed by atoms with Crippen LogP contribution in [0.3, 0.4) is 0 Å². The molecule has 2 aliphatic rings. The molecule has 12 N–H and O–H groups in total. The second kappa shape index (κ2) is 15.7. The normalized spacial score (nSPS) is 37.0. The van der Waals surface area contributed by atoms with Gasteiger partial charge < -0.3 is 90.1 Å². The molecular weight excluding hydrogens is 630 g/mol. The number of likely N-dealkylation sites (N-methyl/N-ethyl adjacent to an activating group) is 1. The first-order chi connectivity index (χ1) is 21.0. The van der Waals surface area contributed by atoms with E-state index in [9.17, 15) is 71.2 Å². The summed E-state index contributed by atoms with van der Waals surface area (Å²) < 4.78 is 24.9. The molecule has 0 amide bonds. The molecule has 2 heterocycles. The first-order valence-electron chi connectivity index (χ1n) is 14.2. The van der Waals surface area contributed by atoms with Gasteiger partial charge >= 0.3 is 5.72 Å². The number of aliphatic hydroxyl groups excluding tert-OH is 10. The maximum atomic E-state index is 13.1. The number of nitrogens with zero attached hydrogens (tertiary/aromatic N) is 1. The summed E-state index contributed by atoms with van der Waals surface area (Å²) in [6, 6.07) is 0. The van der Waals surface area contributed by atoms with Crippen LogP contribution in [0.25, 0.3) is 0 Å². The number of Topliss-reactive ketones (excluding diaryl/α,β-unsaturated/α-hetero) is 1. The molecule has 0 bridgehead atoms. The van der Waals surface area contributed by atoms with E-state index in [1.54, 1.807) is 0 Å². The Morgan fingerprint density at radius 3 is 1.80 bits per heavy atom. The molecule has 2 saturated heterocycles. The zero-order valence-electron chi connectivity index (χ0n) is 25.7. The highest BCUT2D eigenvalue weighted by Gasteiger charge is 2.67. The molecule has 0 radical (unpaired) electrons. The average molecular weight is 678 g/mol. The first kappa shape index (κ1) is 40.5. The topological polar surface area (TPSA) is 329 Å². The van der Waals surface area contributed by atoms with Crippen molar-refractivity contribution in [2.75, 3.05) is 41.0 Å². The largest absolute Gasteiger partial charge is 0.576 e. The molecule has 0 aliphatic carbocycles. The van der Waals surface area contributed by atoms with E-state index in [-0.39, 0.29) is 0 Å². The van der Waals surface area contributed by atoms with Crippen molar-refractivity contribution in [2.45, 2.75) is 105 Å². The van der Waals surface area contributed by atoms with Crippen molar-refractivity contribution >= 4 is 5.78 Å². The van der Waals surface area contributed by atoms with Crippen molar-refractivity contribution in [3.8, 4) is 0 Å². The van der Waals surface area contributed by atoms with Crippen LogP contribution < -0.4 is 5.11 Å². The Morgan fingerprint density at radius 1 is 0.870 bits per heavy atom. The van der Waals surface area contributed by atoms with Crippen molar-refractivity contribution in [1.82, 2.24) is 0 Å². The molecule has 2 fully saturated rings. The molecule has 0 aromatic carbocycles. The standard InChI is InChI=1S/C26H47NO19/c1-10(29)6-15(32)25(40,27(3,4)5)26(41,46-11(2)30)22(39)12(31)8-42-23-21(38)19(36)17(34)14(45-23)9-43-24-20(37)18(35)16(33)13(7-28)44-24/h10,12-14,16-24,28-29,31,33-41H,2,6-9H2,1,3-5H3/t10?,12-,13-,14-,16-,17-,18+,19+,20-,21-,22-,23+,24+,25-,26+/m1/s1. The van der Waals surface area contributed by atoms with E-state index in [0.717, 1.165) is 0 Å². The number of rotatable bonds is 16. The van der Waals surface area contributed by atoms with Crippen LogP contribution in [0.5, 0.6) is 0 Å². The summed E-state index contributed by atoms with van der Waals surface area (Å²) >= 11 is 0. The third-order valence-electron chi connectivity index (χ3n) is 7.75. The van der Waals surface area contributed by atoms with Gasteiger partial charge in [-0.15, -0.1) is 0 Å². The van der Waals surface area contributed by atoms with Crippen LogP contribution in [0.4, 0.5) is 0 Å². The van der Waals surface area contributed by atoms with Crippen molar-refractivity contribution < 1.29 is 99.3 Å². The van der Waals surface area contributed by atoms with Gasteiger partial charge in [0, 0.05) is 12.4 Å². The van der Waals surface area contributed by atoms with Crippen molar-refractivity contribution in [2.24, 2.45) is 0 Å². The molecule has 20 nitrogen and oxygen atoms in total. The fourth-order valence-corrected chi connectivity index (χ4v) is 5.11. The van der Waals surface area contributed by atoms with Crippen LogP contribution >= 0.6 is 0 Å². The summed E-state index contributed by atoms with van der Waals surface area (Å²) in [5, 5.41) is 137. The summed E-state index contributed by atoms with van der Waals surface area (Å²) in [6.07, 6.45) is -24.8. The summed E-state index contributed by atoms with van der Waals surface area (Å²) in [4.78, 5) is 13.1. The van der Waals surface area contributed by atoms with Crippen LogP contribution in [0.1, 0.15) is 13.3 Å². The van der Waals surface area contributed by atoms with Crippen LogP contribution in [0.2, 0.25) is 0 Å². The van der Waals surface area contributed by atoms with Gasteiger partial charge in [0.15, 0.2) is 12.6 Å². The SMILES string of the molecule is C=C([O-])O[C@@](O)([C@H](O)[C@H](O)CO[C@H]1O[C@H](CO[C@H]2O[C@H](CO)[C@@H](O)[C@H](O)[C@H]2O)[C@@H](O)[C@H](O)[C@H]1O)[C@](O)(C(=O)CC(C)O)[N+](C)(C)C. The number of carbonyl (C=O) groups is 1. The van der Waals surface area contributed by atoms with Crippen LogP contribution in [0.15, 0.2) is 12.5 Å². The number of hydrogen-bond acceptors (Lipinski definition) is 19. The highest BCUT2D eigenvalue weighted by atomic mass is 16.7. The molecule has 46 heavy (non-hydrogen) atoms. The van der Waals surface area contributed by atoms with Gasteiger partial charge in [-0.2, -0.15) is 0 Å². The molecule has 15 atom stereocenters. The van der Waals surface area contributed by atoms with E-state index < -0.39 is 134 Å². The zero-order chi connectivity index (χ0) is 35.5. The van der Waals surface area contributed by atoms with Crippen LogP contribution in [-0.2, 0) is 28.5 Å². The second-order valence-electron chi connectivity index (χ2n) is 12.2. The van der Waals surface area contributed by atoms with Crippen molar-refractivity contribution in [3.63, 3.8) is 0 Å². The van der Waals surface area contributed by atoms with Crippen LogP contribution in [0, 0.1) is 0 Å². The Hall–Kier alpha value is -1.67. The Balaban J connectivity index is 2.23. The monoisotopic (exact) mass is 677 g/mol. The molecular formula is C26H47NO19. The predicted octanol–water partition coefficient (Wildman–Crippen LogP) is -8.38. The number of ether oxygens (including phenoxy) is 5. The number of quaternary nitrogens is 1. The van der Waals surface area contributed by atoms with E-state index in [0.29, 0.717) is 0 Å². The third-order valence-corrected chi connectivity index (χ3v) is 7.75. The zero-order valence-corrected chi connectivity index (χ0v) is 25.7. The van der Waals surface area contributed by atoms with E-state index >= 15 is 0 Å². The third kappa shape index (κ3) is 8.30. The lowest BCUT2D eigenvalue weighted by Crippen LogP contribution is -2.79. The maximum absolute atomic E-state index is 13.1. The first-order valence-corrected chi connectivity index (χ1v) is 14.2. The number of ketones is 1. The lowest BCUT2D eigenvalue weighted by atomic mass is 9.85. The number of carbonyl (C=O) groups excluding carboxylic acids is 1. The quantitative estimate of drug-likeness (QED) is 0.0410. The average Bonchev–Trinajstić information content (AvgIpc) is 2.96. The minimum absolute atomic E-state index is 0.709. The minimum Gasteiger partial charge on any atom is -0.576 e. The van der Waals surface area contributed by atoms with Gasteiger partial charge in [-0.05, 0) is 6.92 Å². The Morgan fingerprint density at radius 2 is 1.35 bits per heavy atom. The molecule has 0 spiro atoms. The highest BCUT2D eigenvalue weighted by Crippen LogP contribution is 2.38. The number of hydrogen-bond donors (Lipinski definition) is 12. The second-order valence-corrected chi connectivity index (χ2v) is 12.2. The Kier molecular flexibility index (Phi) is 13.8. The summed E-state index contributed by atoms with van der Waals surface area (Å²) in [5.41, 5.74) is -3.23.